The van der Waals surface area contributed by atoms with Crippen LogP contribution in [0, 0.1) is 5.82 Å². The molecule has 0 saturated carbocycles. The summed E-state index contributed by atoms with van der Waals surface area (Å²) in [4.78, 5) is 53.3. The molecule has 11 heteroatoms. The minimum atomic E-state index is -0.603. The number of hydrogen-bond donors (Lipinski definition) is 1. The number of nitrogens with one attached hydrogen (secondary N) is 1. The molecule has 2 fully saturated rings. The van der Waals surface area contributed by atoms with Crippen molar-refractivity contribution in [3.8, 4) is 0 Å². The third kappa shape index (κ3) is 6.10. The van der Waals surface area contributed by atoms with Gasteiger partial charge >= 0.3 is 12.1 Å². The van der Waals surface area contributed by atoms with E-state index in [0.717, 1.165) is 0 Å². The second kappa shape index (κ2) is 11.8. The molecule has 2 heterocycles. The summed E-state index contributed by atoms with van der Waals surface area (Å²) in [6, 6.07) is 13.3. The first-order chi connectivity index (χ1) is 18.3. The van der Waals surface area contributed by atoms with Gasteiger partial charge in [-0.1, -0.05) is 30.3 Å². The van der Waals surface area contributed by atoms with Gasteiger partial charge in [0, 0.05) is 39.2 Å². The second-order valence-electron chi connectivity index (χ2n) is 8.92. The largest absolute Gasteiger partial charge is 0.465 e. The molecule has 0 aromatic heterocycles. The zero-order valence-corrected chi connectivity index (χ0v) is 21.2. The molecule has 0 spiro atoms. The van der Waals surface area contributed by atoms with Crippen molar-refractivity contribution in [1.82, 2.24) is 10.2 Å². The first-order valence-corrected chi connectivity index (χ1v) is 12.2. The SMILES string of the molecule is COC(=O)/C(=C/C(=O)N1CCN(c2ccc(N3C[C@H](CNC(C)=O)OC3=O)cc2F)CC1)c1ccccc1. The van der Waals surface area contributed by atoms with Crippen molar-refractivity contribution in [2.45, 2.75) is 13.0 Å². The van der Waals surface area contributed by atoms with Crippen molar-refractivity contribution in [3.63, 3.8) is 0 Å². The van der Waals surface area contributed by atoms with Crippen LogP contribution in [0.4, 0.5) is 20.6 Å². The van der Waals surface area contributed by atoms with E-state index >= 15 is 4.39 Å². The maximum absolute atomic E-state index is 15.1. The van der Waals surface area contributed by atoms with E-state index in [4.69, 9.17) is 9.47 Å². The number of methoxy groups -OCH3 is 1. The summed E-state index contributed by atoms with van der Waals surface area (Å²) >= 11 is 0. The molecule has 2 aliphatic rings. The number of rotatable bonds is 7. The van der Waals surface area contributed by atoms with Crippen LogP contribution in [0.15, 0.2) is 54.6 Å². The Morgan fingerprint density at radius 1 is 1.11 bits per heavy atom. The predicted octanol–water partition coefficient (Wildman–Crippen LogP) is 2.19. The van der Waals surface area contributed by atoms with E-state index in [9.17, 15) is 19.2 Å². The molecule has 2 saturated heterocycles. The normalized spacial score (nSPS) is 17.8. The number of ether oxygens (including phenoxy) is 2. The van der Waals surface area contributed by atoms with E-state index in [0.29, 0.717) is 43.1 Å². The lowest BCUT2D eigenvalue weighted by molar-refractivity contribution is -0.134. The topological polar surface area (TPSA) is 108 Å². The van der Waals surface area contributed by atoms with Crippen molar-refractivity contribution in [3.05, 3.63) is 66.0 Å². The predicted molar refractivity (Wildman–Crippen MR) is 138 cm³/mol. The van der Waals surface area contributed by atoms with E-state index in [1.54, 1.807) is 41.3 Å². The molecule has 2 aromatic carbocycles. The van der Waals surface area contributed by atoms with Gasteiger partial charge in [-0.3, -0.25) is 14.5 Å². The summed E-state index contributed by atoms with van der Waals surface area (Å²) in [5.74, 6) is -1.66. The van der Waals surface area contributed by atoms with Gasteiger partial charge in [0.1, 0.15) is 11.9 Å². The number of halogens is 1. The molecule has 1 N–H and O–H groups in total. The van der Waals surface area contributed by atoms with E-state index in [1.807, 2.05) is 11.0 Å². The molecule has 1 atom stereocenters. The third-order valence-electron chi connectivity index (χ3n) is 6.39. The number of amides is 3. The zero-order valence-electron chi connectivity index (χ0n) is 21.2. The Balaban J connectivity index is 1.39. The van der Waals surface area contributed by atoms with Crippen LogP contribution in [0.1, 0.15) is 12.5 Å². The van der Waals surface area contributed by atoms with Gasteiger partial charge in [-0.15, -0.1) is 0 Å². The lowest BCUT2D eigenvalue weighted by Gasteiger charge is -2.36. The first-order valence-electron chi connectivity index (χ1n) is 12.2. The van der Waals surface area contributed by atoms with Crippen LogP contribution in [0.25, 0.3) is 5.57 Å². The molecule has 0 unspecified atom stereocenters. The first kappa shape index (κ1) is 26.6. The van der Waals surface area contributed by atoms with Gasteiger partial charge in [-0.25, -0.2) is 14.0 Å². The summed E-state index contributed by atoms with van der Waals surface area (Å²) in [6.45, 7) is 3.20. The van der Waals surface area contributed by atoms with Crippen LogP contribution < -0.4 is 15.1 Å². The highest BCUT2D eigenvalue weighted by Gasteiger charge is 2.33. The van der Waals surface area contributed by atoms with Crippen molar-refractivity contribution < 1.29 is 33.0 Å². The maximum Gasteiger partial charge on any atom is 0.414 e. The molecule has 2 aromatic rings. The van der Waals surface area contributed by atoms with E-state index < -0.39 is 24.0 Å². The number of anilines is 2. The molecular weight excluding hydrogens is 495 g/mol. The molecular formula is C27H29FN4O6. The van der Waals surface area contributed by atoms with E-state index in [-0.39, 0.29) is 30.5 Å². The Bertz CT molecular complexity index is 1240. The molecule has 0 aliphatic carbocycles. The fourth-order valence-corrected chi connectivity index (χ4v) is 4.39. The van der Waals surface area contributed by atoms with Crippen LogP contribution >= 0.6 is 0 Å². The molecule has 10 nitrogen and oxygen atoms in total. The summed E-state index contributed by atoms with van der Waals surface area (Å²) in [5.41, 5.74) is 1.47. The standard InChI is InChI=1S/C27H29FN4O6/c1-18(33)29-16-21-17-32(27(36)38-21)20-8-9-24(23(28)14-20)30-10-12-31(13-11-30)25(34)15-22(26(35)37-2)19-6-4-3-5-7-19/h3-9,14-15,21H,10-13,16-17H2,1-2H3,(H,29,33)/b22-15+/t21-/m0/s1. The minimum absolute atomic E-state index is 0.168. The average Bonchev–Trinajstić information content (AvgIpc) is 3.31. The fourth-order valence-electron chi connectivity index (χ4n) is 4.39. The fraction of sp³-hybridized carbons (Fsp3) is 0.333. The Kier molecular flexibility index (Phi) is 8.25. The Hall–Kier alpha value is -4.41. The lowest BCUT2D eigenvalue weighted by Crippen LogP contribution is -2.48. The number of nitrogens with zero attached hydrogens (tertiary/aromatic N) is 3. The zero-order chi connectivity index (χ0) is 27.2. The van der Waals surface area contributed by atoms with E-state index in [1.165, 1.54) is 31.1 Å². The molecule has 38 heavy (non-hydrogen) atoms. The van der Waals surface area contributed by atoms with Gasteiger partial charge < -0.3 is 24.6 Å². The van der Waals surface area contributed by atoms with Gasteiger partial charge in [0.2, 0.25) is 11.8 Å². The summed E-state index contributed by atoms with van der Waals surface area (Å²) in [5, 5.41) is 2.60. The number of carbonyl (C=O) groups excluding carboxylic acids is 4. The quantitative estimate of drug-likeness (QED) is 0.437. The van der Waals surface area contributed by atoms with Gasteiger partial charge in [-0.2, -0.15) is 0 Å². The average molecular weight is 525 g/mol. The molecule has 0 radical (unpaired) electrons. The molecule has 3 amide bonds. The molecule has 200 valence electrons. The van der Waals surface area contributed by atoms with Crippen molar-refractivity contribution >= 4 is 40.8 Å². The number of hydrogen-bond acceptors (Lipinski definition) is 7. The van der Waals surface area contributed by atoms with Crippen LogP contribution in [0.2, 0.25) is 0 Å². The van der Waals surface area contributed by atoms with Crippen LogP contribution in [0.5, 0.6) is 0 Å². The minimum Gasteiger partial charge on any atom is -0.465 e. The van der Waals surface area contributed by atoms with Gasteiger partial charge in [0.25, 0.3) is 0 Å². The highest BCUT2D eigenvalue weighted by molar-refractivity contribution is 6.21. The summed E-state index contributed by atoms with van der Waals surface area (Å²) < 4.78 is 25.2. The highest BCUT2D eigenvalue weighted by Crippen LogP contribution is 2.28. The van der Waals surface area contributed by atoms with Gasteiger partial charge in [-0.05, 0) is 23.8 Å². The molecule has 2 aliphatic heterocycles. The number of cyclic esters (lactones) is 1. The van der Waals surface area contributed by atoms with Crippen LogP contribution in [-0.2, 0) is 23.9 Å². The van der Waals surface area contributed by atoms with Crippen molar-refractivity contribution in [2.75, 3.05) is 56.2 Å². The number of benzene rings is 2. The third-order valence-corrected chi connectivity index (χ3v) is 6.39. The number of esters is 1. The van der Waals surface area contributed by atoms with Crippen molar-refractivity contribution in [1.29, 1.82) is 0 Å². The number of carbonyl (C=O) groups is 4. The monoisotopic (exact) mass is 524 g/mol. The maximum atomic E-state index is 15.1. The molecule has 4 rings (SSSR count). The highest BCUT2D eigenvalue weighted by atomic mass is 19.1. The van der Waals surface area contributed by atoms with Gasteiger partial charge in [0.05, 0.1) is 37.1 Å². The molecule has 0 bridgehead atoms. The Morgan fingerprint density at radius 2 is 1.82 bits per heavy atom. The lowest BCUT2D eigenvalue weighted by atomic mass is 10.1. The summed E-state index contributed by atoms with van der Waals surface area (Å²) in [6.07, 6.45) is 0.158. The van der Waals surface area contributed by atoms with E-state index in [2.05, 4.69) is 5.32 Å². The summed E-state index contributed by atoms with van der Waals surface area (Å²) in [7, 11) is 1.26. The Labute approximate surface area is 219 Å². The van der Waals surface area contributed by atoms with Crippen LogP contribution in [-0.4, -0.2) is 81.3 Å². The van der Waals surface area contributed by atoms with Crippen LogP contribution in [0.3, 0.4) is 0 Å². The second-order valence-corrected chi connectivity index (χ2v) is 8.92. The smallest absolute Gasteiger partial charge is 0.414 e. The Morgan fingerprint density at radius 3 is 2.45 bits per heavy atom. The van der Waals surface area contributed by atoms with Gasteiger partial charge in [0.15, 0.2) is 0 Å². The number of piperazine rings is 1. The van der Waals surface area contributed by atoms with Crippen molar-refractivity contribution in [2.24, 2.45) is 0 Å².